The lowest BCUT2D eigenvalue weighted by Crippen LogP contribution is -2.47. The number of rotatable bonds is 2. The Morgan fingerprint density at radius 2 is 2.18 bits per heavy atom. The SMILES string of the molecule is CC(NO)C1CCCN(C(=O)OC(C)(C)C)C1. The van der Waals surface area contributed by atoms with E-state index in [4.69, 9.17) is 9.94 Å². The van der Waals surface area contributed by atoms with Crippen LogP contribution in [0.4, 0.5) is 4.79 Å². The van der Waals surface area contributed by atoms with Gasteiger partial charge in [-0.05, 0) is 46.5 Å². The van der Waals surface area contributed by atoms with Crippen molar-refractivity contribution >= 4 is 6.09 Å². The standard InChI is InChI=1S/C12H24N2O3/c1-9(13-16)10-6-5-7-14(8-10)11(15)17-12(2,3)4/h9-10,13,16H,5-8H2,1-4H3. The number of carbonyl (C=O) groups is 1. The van der Waals surface area contributed by atoms with Crippen molar-refractivity contribution in [3.05, 3.63) is 0 Å². The first-order valence-electron chi connectivity index (χ1n) is 6.21. The molecule has 1 aliphatic rings. The van der Waals surface area contributed by atoms with Crippen molar-refractivity contribution in [1.82, 2.24) is 10.4 Å². The molecule has 100 valence electrons. The lowest BCUT2D eigenvalue weighted by Gasteiger charge is -2.36. The van der Waals surface area contributed by atoms with E-state index in [0.29, 0.717) is 6.54 Å². The molecule has 0 radical (unpaired) electrons. The van der Waals surface area contributed by atoms with Crippen molar-refractivity contribution in [2.24, 2.45) is 5.92 Å². The fourth-order valence-electron chi connectivity index (χ4n) is 2.02. The summed E-state index contributed by atoms with van der Waals surface area (Å²) in [6.45, 7) is 8.90. The Hall–Kier alpha value is -0.810. The summed E-state index contributed by atoms with van der Waals surface area (Å²) in [6.07, 6.45) is 1.72. The van der Waals surface area contributed by atoms with Crippen molar-refractivity contribution in [2.45, 2.75) is 52.2 Å². The molecule has 1 fully saturated rings. The number of hydrogen-bond acceptors (Lipinski definition) is 4. The van der Waals surface area contributed by atoms with Gasteiger partial charge in [0, 0.05) is 19.1 Å². The Kier molecular flexibility index (Phi) is 4.77. The maximum absolute atomic E-state index is 11.9. The molecule has 0 aromatic carbocycles. The molecule has 0 aromatic heterocycles. The molecule has 0 aliphatic carbocycles. The van der Waals surface area contributed by atoms with Gasteiger partial charge in [0.05, 0.1) is 0 Å². The molecule has 5 heteroatoms. The summed E-state index contributed by atoms with van der Waals surface area (Å²) in [4.78, 5) is 13.6. The molecule has 1 aliphatic heterocycles. The summed E-state index contributed by atoms with van der Waals surface area (Å²) in [5, 5.41) is 8.91. The molecule has 1 saturated heterocycles. The number of ether oxygens (including phenoxy) is 1. The fourth-order valence-corrected chi connectivity index (χ4v) is 2.02. The van der Waals surface area contributed by atoms with E-state index in [-0.39, 0.29) is 18.1 Å². The highest BCUT2D eigenvalue weighted by molar-refractivity contribution is 5.68. The van der Waals surface area contributed by atoms with Crippen LogP contribution >= 0.6 is 0 Å². The second-order valence-corrected chi connectivity index (χ2v) is 5.75. The van der Waals surface area contributed by atoms with E-state index in [1.54, 1.807) is 4.90 Å². The summed E-state index contributed by atoms with van der Waals surface area (Å²) < 4.78 is 5.34. The molecule has 1 heterocycles. The highest BCUT2D eigenvalue weighted by Crippen LogP contribution is 2.21. The number of nitrogens with one attached hydrogen (secondary N) is 1. The van der Waals surface area contributed by atoms with Gasteiger partial charge in [0.25, 0.3) is 0 Å². The van der Waals surface area contributed by atoms with E-state index in [0.717, 1.165) is 19.4 Å². The Bertz CT molecular complexity index is 263. The molecule has 0 bridgehead atoms. The van der Waals surface area contributed by atoms with Crippen molar-refractivity contribution in [3.8, 4) is 0 Å². The summed E-state index contributed by atoms with van der Waals surface area (Å²) in [6, 6.07) is 0.000219. The molecule has 0 aromatic rings. The third-order valence-corrected chi connectivity index (χ3v) is 3.02. The number of piperidine rings is 1. The van der Waals surface area contributed by atoms with Crippen LogP contribution in [0.2, 0.25) is 0 Å². The highest BCUT2D eigenvalue weighted by atomic mass is 16.6. The largest absolute Gasteiger partial charge is 0.444 e. The van der Waals surface area contributed by atoms with E-state index in [1.165, 1.54) is 0 Å². The number of hydroxylamine groups is 1. The topological polar surface area (TPSA) is 61.8 Å². The monoisotopic (exact) mass is 244 g/mol. The smallest absolute Gasteiger partial charge is 0.410 e. The highest BCUT2D eigenvalue weighted by Gasteiger charge is 2.29. The molecule has 2 atom stereocenters. The molecule has 2 N–H and O–H groups in total. The Morgan fingerprint density at radius 1 is 1.53 bits per heavy atom. The van der Waals surface area contributed by atoms with Gasteiger partial charge >= 0.3 is 6.09 Å². The predicted octanol–water partition coefficient (Wildman–Crippen LogP) is 2.00. The van der Waals surface area contributed by atoms with Crippen LogP contribution in [0.15, 0.2) is 0 Å². The van der Waals surface area contributed by atoms with E-state index >= 15 is 0 Å². The summed E-state index contributed by atoms with van der Waals surface area (Å²) in [5.74, 6) is 0.279. The van der Waals surface area contributed by atoms with Crippen molar-refractivity contribution in [2.75, 3.05) is 13.1 Å². The molecule has 5 nitrogen and oxygen atoms in total. The fraction of sp³-hybridized carbons (Fsp3) is 0.917. The van der Waals surface area contributed by atoms with E-state index in [1.807, 2.05) is 27.7 Å². The average Bonchev–Trinajstić information content (AvgIpc) is 2.26. The van der Waals surface area contributed by atoms with Crippen molar-refractivity contribution in [3.63, 3.8) is 0 Å². The van der Waals surface area contributed by atoms with Crippen LogP contribution in [0, 0.1) is 5.92 Å². The van der Waals surface area contributed by atoms with E-state index in [9.17, 15) is 4.79 Å². The normalized spacial score (nSPS) is 23.4. The second-order valence-electron chi connectivity index (χ2n) is 5.75. The molecular formula is C12H24N2O3. The van der Waals surface area contributed by atoms with Gasteiger partial charge in [-0.15, -0.1) is 0 Å². The van der Waals surface area contributed by atoms with Crippen LogP contribution < -0.4 is 5.48 Å². The number of amides is 1. The van der Waals surface area contributed by atoms with Gasteiger partial charge in [-0.3, -0.25) is 0 Å². The predicted molar refractivity (Wildman–Crippen MR) is 64.9 cm³/mol. The number of likely N-dealkylation sites (tertiary alicyclic amines) is 1. The van der Waals surface area contributed by atoms with Gasteiger partial charge in [0.15, 0.2) is 0 Å². The molecule has 2 unspecified atom stereocenters. The minimum absolute atomic E-state index is 0.000219. The van der Waals surface area contributed by atoms with Gasteiger partial charge in [0.2, 0.25) is 0 Å². The van der Waals surface area contributed by atoms with Crippen LogP contribution in [0.25, 0.3) is 0 Å². The zero-order valence-corrected chi connectivity index (χ0v) is 11.2. The first-order valence-corrected chi connectivity index (χ1v) is 6.21. The summed E-state index contributed by atoms with van der Waals surface area (Å²) in [7, 11) is 0. The van der Waals surface area contributed by atoms with Crippen LogP contribution in [0.1, 0.15) is 40.5 Å². The lowest BCUT2D eigenvalue weighted by atomic mass is 9.92. The third-order valence-electron chi connectivity index (χ3n) is 3.02. The minimum atomic E-state index is -0.454. The molecule has 0 saturated carbocycles. The van der Waals surface area contributed by atoms with Gasteiger partial charge in [-0.1, -0.05) is 0 Å². The van der Waals surface area contributed by atoms with Crippen LogP contribution in [-0.4, -0.2) is 40.9 Å². The summed E-state index contributed by atoms with van der Waals surface area (Å²) >= 11 is 0. The Morgan fingerprint density at radius 3 is 2.71 bits per heavy atom. The first-order chi connectivity index (χ1) is 7.83. The Labute approximate surface area is 103 Å². The summed E-state index contributed by atoms with van der Waals surface area (Å²) in [5.41, 5.74) is 1.81. The number of carbonyl (C=O) groups excluding carboxylic acids is 1. The van der Waals surface area contributed by atoms with Crippen LogP contribution in [0.3, 0.4) is 0 Å². The average molecular weight is 244 g/mol. The molecule has 0 spiro atoms. The minimum Gasteiger partial charge on any atom is -0.444 e. The Balaban J connectivity index is 2.52. The van der Waals surface area contributed by atoms with Crippen molar-refractivity contribution in [1.29, 1.82) is 0 Å². The van der Waals surface area contributed by atoms with Gasteiger partial charge in [-0.2, -0.15) is 0 Å². The first kappa shape index (κ1) is 14.3. The van der Waals surface area contributed by atoms with Gasteiger partial charge in [0.1, 0.15) is 5.60 Å². The number of hydrogen-bond donors (Lipinski definition) is 2. The lowest BCUT2D eigenvalue weighted by molar-refractivity contribution is 0.00923. The molecular weight excluding hydrogens is 220 g/mol. The van der Waals surface area contributed by atoms with Crippen LogP contribution in [0.5, 0.6) is 0 Å². The third kappa shape index (κ3) is 4.52. The number of nitrogens with zero attached hydrogens (tertiary/aromatic N) is 1. The quantitative estimate of drug-likeness (QED) is 0.729. The van der Waals surface area contributed by atoms with Gasteiger partial charge in [-0.25, -0.2) is 10.3 Å². The zero-order chi connectivity index (χ0) is 13.1. The van der Waals surface area contributed by atoms with E-state index in [2.05, 4.69) is 5.48 Å². The maximum atomic E-state index is 11.9. The van der Waals surface area contributed by atoms with Crippen LogP contribution in [-0.2, 0) is 4.74 Å². The molecule has 1 rings (SSSR count). The maximum Gasteiger partial charge on any atom is 0.410 e. The molecule has 1 amide bonds. The molecule has 17 heavy (non-hydrogen) atoms. The zero-order valence-electron chi connectivity index (χ0n) is 11.2. The van der Waals surface area contributed by atoms with Gasteiger partial charge < -0.3 is 14.8 Å². The van der Waals surface area contributed by atoms with E-state index < -0.39 is 5.60 Å². The van der Waals surface area contributed by atoms with Crippen molar-refractivity contribution < 1.29 is 14.7 Å². The second kappa shape index (κ2) is 5.69.